The van der Waals surface area contributed by atoms with E-state index >= 15 is 0 Å². The molecule has 1 atom stereocenters. The summed E-state index contributed by atoms with van der Waals surface area (Å²) in [6.07, 6.45) is 3.54. The molecule has 5 nitrogen and oxygen atoms in total. The largest absolute Gasteiger partial charge is 0.481 e. The van der Waals surface area contributed by atoms with Crippen LogP contribution in [-0.2, 0) is 11.3 Å². The number of rotatable bonds is 5. The molecule has 0 saturated heterocycles. The van der Waals surface area contributed by atoms with Crippen LogP contribution in [0.4, 0.5) is 0 Å². The number of hydrogen-bond donors (Lipinski definition) is 2. The molecule has 1 rings (SSSR count). The molecule has 0 bridgehead atoms. The second kappa shape index (κ2) is 4.76. The van der Waals surface area contributed by atoms with E-state index in [1.807, 2.05) is 17.7 Å². The van der Waals surface area contributed by atoms with Crippen LogP contribution in [0.2, 0.25) is 0 Å². The van der Waals surface area contributed by atoms with E-state index in [0.29, 0.717) is 6.54 Å². The predicted octanol–water partition coefficient (Wildman–Crippen LogP) is 0.420. The van der Waals surface area contributed by atoms with Gasteiger partial charge in [-0.25, -0.2) is 4.98 Å². The summed E-state index contributed by atoms with van der Waals surface area (Å²) in [5.41, 5.74) is 5.52. The van der Waals surface area contributed by atoms with Crippen molar-refractivity contribution in [3.8, 4) is 0 Å². The maximum atomic E-state index is 10.6. The molecule has 0 aromatic carbocycles. The molecule has 1 unspecified atom stereocenters. The van der Waals surface area contributed by atoms with Crippen molar-refractivity contribution in [2.75, 3.05) is 6.54 Å². The van der Waals surface area contributed by atoms with Crippen molar-refractivity contribution in [3.63, 3.8) is 0 Å². The highest BCUT2D eigenvalue weighted by atomic mass is 16.4. The van der Waals surface area contributed by atoms with Crippen LogP contribution in [-0.4, -0.2) is 27.2 Å². The molecule has 1 aromatic heterocycles. The molecule has 14 heavy (non-hydrogen) atoms. The molecule has 1 aromatic rings. The van der Waals surface area contributed by atoms with Crippen molar-refractivity contribution in [2.45, 2.75) is 25.8 Å². The zero-order valence-electron chi connectivity index (χ0n) is 8.18. The summed E-state index contributed by atoms with van der Waals surface area (Å²) in [6.45, 7) is 3.08. The first-order chi connectivity index (χ1) is 6.69. The van der Waals surface area contributed by atoms with Crippen LogP contribution in [0.5, 0.6) is 0 Å². The van der Waals surface area contributed by atoms with E-state index < -0.39 is 5.97 Å². The van der Waals surface area contributed by atoms with Crippen molar-refractivity contribution < 1.29 is 9.90 Å². The molecule has 3 N–H and O–H groups in total. The number of hydrogen-bond acceptors (Lipinski definition) is 3. The highest BCUT2D eigenvalue weighted by Gasteiger charge is 2.18. The fourth-order valence-electron chi connectivity index (χ4n) is 1.44. The molecule has 0 aliphatic rings. The number of nitrogens with two attached hydrogens (primary N) is 1. The third-order valence-corrected chi connectivity index (χ3v) is 2.16. The first-order valence-electron chi connectivity index (χ1n) is 4.61. The molecular formula is C9H15N3O2. The van der Waals surface area contributed by atoms with E-state index in [1.165, 1.54) is 0 Å². The SMILES string of the molecule is CCn1ccnc1C(CN)CC(=O)O. The Morgan fingerprint density at radius 1 is 1.79 bits per heavy atom. The third kappa shape index (κ3) is 2.32. The lowest BCUT2D eigenvalue weighted by Gasteiger charge is -2.13. The number of imidazole rings is 1. The molecule has 0 aliphatic heterocycles. The third-order valence-electron chi connectivity index (χ3n) is 2.16. The van der Waals surface area contributed by atoms with Crippen molar-refractivity contribution in [1.29, 1.82) is 0 Å². The van der Waals surface area contributed by atoms with E-state index in [0.717, 1.165) is 12.4 Å². The quantitative estimate of drug-likeness (QED) is 0.716. The summed E-state index contributed by atoms with van der Waals surface area (Å²) in [6, 6.07) is 0. The molecule has 0 radical (unpaired) electrons. The van der Waals surface area contributed by atoms with Gasteiger partial charge in [0.1, 0.15) is 5.82 Å². The van der Waals surface area contributed by atoms with Gasteiger partial charge in [-0.15, -0.1) is 0 Å². The zero-order chi connectivity index (χ0) is 10.6. The number of carboxylic acids is 1. The Morgan fingerprint density at radius 3 is 3.00 bits per heavy atom. The van der Waals surface area contributed by atoms with E-state index in [2.05, 4.69) is 4.98 Å². The van der Waals surface area contributed by atoms with Gasteiger partial charge in [0, 0.05) is 31.4 Å². The van der Waals surface area contributed by atoms with E-state index in [9.17, 15) is 4.79 Å². The summed E-state index contributed by atoms with van der Waals surface area (Å²) < 4.78 is 1.92. The number of nitrogens with zero attached hydrogens (tertiary/aromatic N) is 2. The number of aryl methyl sites for hydroxylation is 1. The Labute approximate surface area is 82.6 Å². The number of carbonyl (C=O) groups is 1. The van der Waals surface area contributed by atoms with E-state index in [4.69, 9.17) is 10.8 Å². The smallest absolute Gasteiger partial charge is 0.304 e. The zero-order valence-corrected chi connectivity index (χ0v) is 8.18. The Hall–Kier alpha value is -1.36. The van der Waals surface area contributed by atoms with Crippen molar-refractivity contribution in [3.05, 3.63) is 18.2 Å². The number of aliphatic carboxylic acids is 1. The highest BCUT2D eigenvalue weighted by molar-refractivity contribution is 5.67. The van der Waals surface area contributed by atoms with Crippen LogP contribution in [0.15, 0.2) is 12.4 Å². The average Bonchev–Trinajstić information content (AvgIpc) is 2.61. The van der Waals surface area contributed by atoms with Crippen molar-refractivity contribution in [2.24, 2.45) is 5.73 Å². The Kier molecular flexibility index (Phi) is 3.64. The van der Waals surface area contributed by atoms with Gasteiger partial charge in [-0.2, -0.15) is 0 Å². The van der Waals surface area contributed by atoms with Gasteiger partial charge >= 0.3 is 5.97 Å². The van der Waals surface area contributed by atoms with Crippen LogP contribution >= 0.6 is 0 Å². The minimum atomic E-state index is -0.842. The van der Waals surface area contributed by atoms with Crippen LogP contribution in [0, 0.1) is 0 Å². The maximum absolute atomic E-state index is 10.6. The standard InChI is InChI=1S/C9H15N3O2/c1-2-12-4-3-11-9(12)7(6-10)5-8(13)14/h3-4,7H,2,5-6,10H2,1H3,(H,13,14). The molecule has 0 spiro atoms. The normalized spacial score (nSPS) is 12.7. The minimum Gasteiger partial charge on any atom is -0.481 e. The fraction of sp³-hybridized carbons (Fsp3) is 0.556. The van der Waals surface area contributed by atoms with Gasteiger partial charge in [0.2, 0.25) is 0 Å². The van der Waals surface area contributed by atoms with Gasteiger partial charge in [-0.05, 0) is 6.92 Å². The lowest BCUT2D eigenvalue weighted by Crippen LogP contribution is -2.20. The summed E-state index contributed by atoms with van der Waals surface area (Å²) in [7, 11) is 0. The predicted molar refractivity (Wildman–Crippen MR) is 51.9 cm³/mol. The molecule has 0 amide bonds. The van der Waals surface area contributed by atoms with Gasteiger partial charge in [-0.1, -0.05) is 0 Å². The second-order valence-electron chi connectivity index (χ2n) is 3.10. The molecule has 78 valence electrons. The summed E-state index contributed by atoms with van der Waals surface area (Å²) >= 11 is 0. The van der Waals surface area contributed by atoms with Gasteiger partial charge in [-0.3, -0.25) is 4.79 Å². The van der Waals surface area contributed by atoms with Gasteiger partial charge in [0.05, 0.1) is 6.42 Å². The first kappa shape index (κ1) is 10.7. The molecule has 1 heterocycles. The van der Waals surface area contributed by atoms with E-state index in [-0.39, 0.29) is 12.3 Å². The summed E-state index contributed by atoms with van der Waals surface area (Å²) in [5.74, 6) is -0.272. The van der Waals surface area contributed by atoms with Gasteiger partial charge in [0.15, 0.2) is 0 Å². The molecule has 0 saturated carbocycles. The second-order valence-corrected chi connectivity index (χ2v) is 3.10. The van der Waals surface area contributed by atoms with Gasteiger partial charge < -0.3 is 15.4 Å². The maximum Gasteiger partial charge on any atom is 0.304 e. The first-order valence-corrected chi connectivity index (χ1v) is 4.61. The Morgan fingerprint density at radius 2 is 2.50 bits per heavy atom. The monoisotopic (exact) mass is 197 g/mol. The molecule has 0 aliphatic carbocycles. The van der Waals surface area contributed by atoms with E-state index in [1.54, 1.807) is 6.20 Å². The molecular weight excluding hydrogens is 182 g/mol. The van der Waals surface area contributed by atoms with Crippen LogP contribution in [0.1, 0.15) is 25.1 Å². The van der Waals surface area contributed by atoms with Gasteiger partial charge in [0.25, 0.3) is 0 Å². The fourth-order valence-corrected chi connectivity index (χ4v) is 1.44. The lowest BCUT2D eigenvalue weighted by molar-refractivity contribution is -0.137. The van der Waals surface area contributed by atoms with Crippen LogP contribution in [0.25, 0.3) is 0 Å². The highest BCUT2D eigenvalue weighted by Crippen LogP contribution is 2.16. The molecule has 5 heteroatoms. The molecule has 0 fully saturated rings. The Bertz CT molecular complexity index is 309. The minimum absolute atomic E-state index is 0.0352. The van der Waals surface area contributed by atoms with Crippen molar-refractivity contribution in [1.82, 2.24) is 9.55 Å². The Balaban J connectivity index is 2.82. The summed E-state index contributed by atoms with van der Waals surface area (Å²) in [4.78, 5) is 14.7. The number of aromatic nitrogens is 2. The van der Waals surface area contributed by atoms with Crippen LogP contribution in [0.3, 0.4) is 0 Å². The van der Waals surface area contributed by atoms with Crippen molar-refractivity contribution >= 4 is 5.97 Å². The lowest BCUT2D eigenvalue weighted by atomic mass is 10.1. The number of carboxylic acid groups (broad SMARTS) is 1. The topological polar surface area (TPSA) is 81.1 Å². The summed E-state index contributed by atoms with van der Waals surface area (Å²) in [5, 5.41) is 8.68. The average molecular weight is 197 g/mol. The van der Waals surface area contributed by atoms with Crippen LogP contribution < -0.4 is 5.73 Å².